The van der Waals surface area contributed by atoms with Gasteiger partial charge in [-0.3, -0.25) is 0 Å². The number of ether oxygens (including phenoxy) is 1. The third kappa shape index (κ3) is 4.94. The molecule has 0 aliphatic carbocycles. The maximum atomic E-state index is 14.5. The van der Waals surface area contributed by atoms with E-state index in [-0.39, 0.29) is 27.7 Å². The summed E-state index contributed by atoms with van der Waals surface area (Å²) < 4.78 is 100. The Morgan fingerprint density at radius 1 is 0.923 bits per heavy atom. The topological polar surface area (TPSA) is 37.9 Å². The second-order valence-electron chi connectivity index (χ2n) is 9.23. The van der Waals surface area contributed by atoms with Crippen LogP contribution in [0.1, 0.15) is 41.8 Å². The Kier molecular flexibility index (Phi) is 6.18. The Morgan fingerprint density at radius 3 is 2.33 bits per heavy atom. The van der Waals surface area contributed by atoms with E-state index in [2.05, 4.69) is 21.8 Å². The van der Waals surface area contributed by atoms with Crippen molar-refractivity contribution in [2.45, 2.75) is 31.8 Å². The van der Waals surface area contributed by atoms with Crippen LogP contribution in [0, 0.1) is 17.7 Å². The Morgan fingerprint density at radius 2 is 1.67 bits per heavy atom. The van der Waals surface area contributed by atoms with Crippen LogP contribution in [0.2, 0.25) is 5.02 Å². The van der Waals surface area contributed by atoms with E-state index in [1.807, 2.05) is 0 Å². The second kappa shape index (κ2) is 9.06. The van der Waals surface area contributed by atoms with Crippen LogP contribution in [0.3, 0.4) is 0 Å². The summed E-state index contributed by atoms with van der Waals surface area (Å²) in [6.45, 7) is 3.46. The summed E-state index contributed by atoms with van der Waals surface area (Å²) in [5.74, 6) is 4.63. The lowest BCUT2D eigenvalue weighted by atomic mass is 9.94. The number of nitrogens with one attached hydrogen (secondary N) is 1. The molecule has 0 saturated heterocycles. The van der Waals surface area contributed by atoms with Crippen molar-refractivity contribution in [3.05, 3.63) is 93.4 Å². The molecule has 0 amide bonds. The molecular weight excluding hydrogens is 549 g/mol. The molecule has 3 nitrogen and oxygen atoms in total. The molecule has 2 heterocycles. The summed E-state index contributed by atoms with van der Waals surface area (Å²) in [4.78, 5) is 7.62. The van der Waals surface area contributed by atoms with E-state index in [0.717, 1.165) is 0 Å². The van der Waals surface area contributed by atoms with Crippen molar-refractivity contribution in [3.8, 4) is 40.2 Å². The molecule has 0 spiro atoms. The summed E-state index contributed by atoms with van der Waals surface area (Å²) in [5.41, 5.74) is -2.54. The van der Waals surface area contributed by atoms with Gasteiger partial charge in [0, 0.05) is 16.7 Å². The van der Waals surface area contributed by atoms with Gasteiger partial charge >= 0.3 is 12.4 Å². The van der Waals surface area contributed by atoms with Gasteiger partial charge in [0.25, 0.3) is 0 Å². The molecule has 1 aromatic heterocycles. The van der Waals surface area contributed by atoms with Crippen LogP contribution in [0.25, 0.3) is 22.6 Å². The fourth-order valence-corrected chi connectivity index (χ4v) is 4.52. The van der Waals surface area contributed by atoms with Crippen LogP contribution in [0.4, 0.5) is 30.7 Å². The number of benzene rings is 3. The molecule has 200 valence electrons. The normalized spacial score (nSPS) is 14.1. The molecule has 5 rings (SSSR count). The quantitative estimate of drug-likeness (QED) is 0.186. The number of nitrogens with zero attached hydrogens (tertiary/aromatic N) is 1. The van der Waals surface area contributed by atoms with Crippen molar-refractivity contribution in [2.24, 2.45) is 0 Å². The van der Waals surface area contributed by atoms with Crippen molar-refractivity contribution < 1.29 is 35.5 Å². The Balaban J connectivity index is 1.58. The molecule has 0 bridgehead atoms. The molecule has 0 unspecified atom stereocenters. The number of aromatic amines is 1. The van der Waals surface area contributed by atoms with Crippen molar-refractivity contribution in [3.63, 3.8) is 0 Å². The standard InChI is InChI=1S/C28H16ClF7N2O/c1-26(2)24-23(37-25(38-24)22-19(29)4-3-5-20(22)30)17-10-7-14(12-21(17)39-26)6-8-15-13-16(27(31,32)33)9-11-18(15)28(34,35)36/h3-5,7,9-13H,1-2H3,(H,37,38). The van der Waals surface area contributed by atoms with E-state index < -0.39 is 40.5 Å². The minimum absolute atomic E-state index is 0.0787. The minimum atomic E-state index is -4.90. The zero-order valence-electron chi connectivity index (χ0n) is 20.1. The average molecular weight is 565 g/mol. The first kappa shape index (κ1) is 26.6. The van der Waals surface area contributed by atoms with Gasteiger partial charge in [-0.25, -0.2) is 9.37 Å². The van der Waals surface area contributed by atoms with Gasteiger partial charge in [0.15, 0.2) is 0 Å². The number of aromatic nitrogens is 2. The largest absolute Gasteiger partial charge is 0.481 e. The first-order valence-electron chi connectivity index (χ1n) is 11.3. The zero-order chi connectivity index (χ0) is 28.3. The summed E-state index contributed by atoms with van der Waals surface area (Å²) in [5, 5.41) is 0.151. The molecule has 0 fully saturated rings. The fourth-order valence-electron chi connectivity index (χ4n) is 4.26. The van der Waals surface area contributed by atoms with Gasteiger partial charge in [-0.1, -0.05) is 29.5 Å². The molecule has 1 aliphatic rings. The van der Waals surface area contributed by atoms with Crippen LogP contribution in [-0.2, 0) is 18.0 Å². The lowest BCUT2D eigenvalue weighted by molar-refractivity contribution is -0.141. The lowest BCUT2D eigenvalue weighted by Gasteiger charge is -2.31. The highest BCUT2D eigenvalue weighted by Gasteiger charge is 2.38. The van der Waals surface area contributed by atoms with E-state index >= 15 is 0 Å². The Labute approximate surface area is 222 Å². The number of hydrogen-bond donors (Lipinski definition) is 1. The number of hydrogen-bond acceptors (Lipinski definition) is 2. The minimum Gasteiger partial charge on any atom is -0.481 e. The van der Waals surface area contributed by atoms with Gasteiger partial charge in [-0.15, -0.1) is 0 Å². The summed E-state index contributed by atoms with van der Waals surface area (Å²) in [6.07, 6.45) is -9.73. The zero-order valence-corrected chi connectivity index (χ0v) is 20.8. The average Bonchev–Trinajstić information content (AvgIpc) is 3.27. The van der Waals surface area contributed by atoms with Crippen molar-refractivity contribution in [2.75, 3.05) is 0 Å². The predicted molar refractivity (Wildman–Crippen MR) is 131 cm³/mol. The van der Waals surface area contributed by atoms with E-state index in [0.29, 0.717) is 35.2 Å². The summed E-state index contributed by atoms with van der Waals surface area (Å²) in [7, 11) is 0. The molecular formula is C28H16ClF7N2O. The van der Waals surface area contributed by atoms with Gasteiger partial charge in [0.05, 0.1) is 33.1 Å². The highest BCUT2D eigenvalue weighted by molar-refractivity contribution is 6.33. The molecule has 39 heavy (non-hydrogen) atoms. The lowest BCUT2D eigenvalue weighted by Crippen LogP contribution is -2.29. The van der Waals surface area contributed by atoms with E-state index in [1.165, 1.54) is 30.3 Å². The van der Waals surface area contributed by atoms with Gasteiger partial charge in [-0.2, -0.15) is 26.3 Å². The monoisotopic (exact) mass is 564 g/mol. The van der Waals surface area contributed by atoms with Crippen LogP contribution in [-0.4, -0.2) is 9.97 Å². The van der Waals surface area contributed by atoms with Crippen LogP contribution < -0.4 is 4.74 Å². The maximum absolute atomic E-state index is 14.5. The van der Waals surface area contributed by atoms with E-state index in [4.69, 9.17) is 16.3 Å². The summed E-state index contributed by atoms with van der Waals surface area (Å²) >= 11 is 6.20. The number of halogens is 8. The van der Waals surface area contributed by atoms with Gasteiger partial charge < -0.3 is 9.72 Å². The Hall–Kier alpha value is -3.97. The maximum Gasteiger partial charge on any atom is 0.417 e. The molecule has 1 N–H and O–H groups in total. The molecule has 0 saturated carbocycles. The smallest absolute Gasteiger partial charge is 0.417 e. The SMILES string of the molecule is CC1(C)Oc2cc(C#Cc3cc(C(F)(F)F)ccc3C(F)(F)F)ccc2-c2nc(-c3c(F)cccc3Cl)[nH]c21. The number of fused-ring (bicyclic) bond motifs is 3. The Bertz CT molecular complexity index is 1650. The highest BCUT2D eigenvalue weighted by Crippen LogP contribution is 2.46. The summed E-state index contributed by atoms with van der Waals surface area (Å²) in [6, 6.07) is 9.84. The molecule has 0 radical (unpaired) electrons. The first-order valence-corrected chi connectivity index (χ1v) is 11.7. The van der Waals surface area contributed by atoms with Gasteiger partial charge in [-0.05, 0) is 62.4 Å². The van der Waals surface area contributed by atoms with Crippen molar-refractivity contribution in [1.29, 1.82) is 0 Å². The van der Waals surface area contributed by atoms with Gasteiger partial charge in [0.2, 0.25) is 0 Å². The molecule has 1 aliphatic heterocycles. The van der Waals surface area contributed by atoms with E-state index in [1.54, 1.807) is 19.9 Å². The molecule has 3 aromatic carbocycles. The van der Waals surface area contributed by atoms with Crippen molar-refractivity contribution >= 4 is 11.6 Å². The van der Waals surface area contributed by atoms with E-state index in [9.17, 15) is 30.7 Å². The number of imidazole rings is 1. The molecule has 0 atom stereocenters. The second-order valence-corrected chi connectivity index (χ2v) is 9.64. The van der Waals surface area contributed by atoms with Crippen molar-refractivity contribution in [1.82, 2.24) is 9.97 Å². The highest BCUT2D eigenvalue weighted by atomic mass is 35.5. The number of rotatable bonds is 1. The van der Waals surface area contributed by atoms with Crippen LogP contribution in [0.15, 0.2) is 54.6 Å². The fraction of sp³-hybridized carbons (Fsp3) is 0.179. The first-order chi connectivity index (χ1) is 18.1. The molecule has 4 aromatic rings. The van der Waals surface area contributed by atoms with Crippen LogP contribution >= 0.6 is 11.6 Å². The third-order valence-corrected chi connectivity index (χ3v) is 6.42. The third-order valence-electron chi connectivity index (χ3n) is 6.10. The number of alkyl halides is 6. The number of H-pyrrole nitrogens is 1. The van der Waals surface area contributed by atoms with Crippen LogP contribution in [0.5, 0.6) is 5.75 Å². The predicted octanol–water partition coefficient (Wildman–Crippen LogP) is 8.60. The molecule has 11 heteroatoms. The van der Waals surface area contributed by atoms with Gasteiger partial charge in [0.1, 0.15) is 23.0 Å².